The van der Waals surface area contributed by atoms with Crippen molar-refractivity contribution >= 4 is 34.5 Å². The maximum Gasteiger partial charge on any atom is 0.237 e. The van der Waals surface area contributed by atoms with Gasteiger partial charge in [-0.25, -0.2) is 0 Å². The highest BCUT2D eigenvalue weighted by atomic mass is 32.1. The molecule has 2 aromatic rings. The third kappa shape index (κ3) is 4.90. The van der Waals surface area contributed by atoms with Crippen LogP contribution in [0.1, 0.15) is 23.8 Å². The van der Waals surface area contributed by atoms with Gasteiger partial charge in [0.25, 0.3) is 0 Å². The Balaban J connectivity index is 1.61. The van der Waals surface area contributed by atoms with Crippen LogP contribution < -0.4 is 10.6 Å². The fraction of sp³-hybridized carbons (Fsp3) is 0.444. The maximum absolute atomic E-state index is 12.4. The van der Waals surface area contributed by atoms with Crippen molar-refractivity contribution in [3.63, 3.8) is 0 Å². The summed E-state index contributed by atoms with van der Waals surface area (Å²) in [6, 6.07) is 5.84. The molecule has 134 valence electrons. The molecule has 3 heterocycles. The molecule has 2 aromatic heterocycles. The summed E-state index contributed by atoms with van der Waals surface area (Å²) < 4.78 is 0. The van der Waals surface area contributed by atoms with Crippen LogP contribution in [0.2, 0.25) is 0 Å². The van der Waals surface area contributed by atoms with Gasteiger partial charge in [-0.2, -0.15) is 11.3 Å². The lowest BCUT2D eigenvalue weighted by Crippen LogP contribution is -2.42. The summed E-state index contributed by atoms with van der Waals surface area (Å²) in [6.07, 6.45) is 1.07. The number of carbonyl (C=O) groups is 2. The molecule has 0 spiro atoms. The molecule has 1 fully saturated rings. The van der Waals surface area contributed by atoms with E-state index in [0.29, 0.717) is 25.9 Å². The first kappa shape index (κ1) is 18.1. The lowest BCUT2D eigenvalue weighted by atomic mass is 10.1. The van der Waals surface area contributed by atoms with Gasteiger partial charge in [-0.15, -0.1) is 11.3 Å². The predicted octanol–water partition coefficient (Wildman–Crippen LogP) is 2.25. The molecule has 1 aliphatic rings. The molecule has 7 heteroatoms. The zero-order valence-electron chi connectivity index (χ0n) is 14.2. The molecule has 0 aromatic carbocycles. The van der Waals surface area contributed by atoms with Gasteiger partial charge in [-0.1, -0.05) is 6.07 Å². The number of hydrogen-bond acceptors (Lipinski definition) is 5. The fourth-order valence-electron chi connectivity index (χ4n) is 3.21. The SMILES string of the molecule is CCNC(=O)[C@@H]1C[C@H](NC(=O)Cc2cccs2)CN1Cc1ccsc1. The Morgan fingerprint density at radius 3 is 2.88 bits per heavy atom. The van der Waals surface area contributed by atoms with Crippen LogP contribution in [0.4, 0.5) is 0 Å². The Hall–Kier alpha value is -1.70. The van der Waals surface area contributed by atoms with Gasteiger partial charge in [0.2, 0.25) is 11.8 Å². The predicted molar refractivity (Wildman–Crippen MR) is 102 cm³/mol. The van der Waals surface area contributed by atoms with Gasteiger partial charge in [0.1, 0.15) is 0 Å². The highest BCUT2D eigenvalue weighted by molar-refractivity contribution is 7.10. The number of hydrogen-bond donors (Lipinski definition) is 2. The summed E-state index contributed by atoms with van der Waals surface area (Å²) in [5.74, 6) is 0.0761. The summed E-state index contributed by atoms with van der Waals surface area (Å²) in [5, 5.41) is 12.2. The quantitative estimate of drug-likeness (QED) is 0.778. The highest BCUT2D eigenvalue weighted by Crippen LogP contribution is 2.22. The Bertz CT molecular complexity index is 685. The van der Waals surface area contributed by atoms with Gasteiger partial charge in [-0.05, 0) is 47.2 Å². The van der Waals surface area contributed by atoms with Gasteiger partial charge in [-0.3, -0.25) is 14.5 Å². The number of likely N-dealkylation sites (N-methyl/N-ethyl adjacent to an activating group) is 1. The van der Waals surface area contributed by atoms with E-state index in [9.17, 15) is 9.59 Å². The van der Waals surface area contributed by atoms with Crippen LogP contribution in [0.15, 0.2) is 34.3 Å². The molecular formula is C18H23N3O2S2. The van der Waals surface area contributed by atoms with E-state index in [1.807, 2.05) is 29.8 Å². The molecule has 3 rings (SSSR count). The fourth-order valence-corrected chi connectivity index (χ4v) is 4.58. The average molecular weight is 378 g/mol. The van der Waals surface area contributed by atoms with Crippen molar-refractivity contribution < 1.29 is 9.59 Å². The van der Waals surface area contributed by atoms with E-state index in [0.717, 1.165) is 11.4 Å². The van der Waals surface area contributed by atoms with Crippen LogP contribution in [0.25, 0.3) is 0 Å². The largest absolute Gasteiger partial charge is 0.355 e. The zero-order valence-corrected chi connectivity index (χ0v) is 15.9. The minimum absolute atomic E-state index is 0.0127. The number of likely N-dealkylation sites (tertiary alicyclic amines) is 1. The van der Waals surface area contributed by atoms with Crippen LogP contribution in [-0.4, -0.2) is 41.9 Å². The summed E-state index contributed by atoms with van der Waals surface area (Å²) in [4.78, 5) is 27.9. The molecule has 0 unspecified atom stereocenters. The van der Waals surface area contributed by atoms with Crippen molar-refractivity contribution in [2.75, 3.05) is 13.1 Å². The lowest BCUT2D eigenvalue weighted by Gasteiger charge is -2.22. The Morgan fingerprint density at radius 1 is 1.32 bits per heavy atom. The molecular weight excluding hydrogens is 354 g/mol. The highest BCUT2D eigenvalue weighted by Gasteiger charge is 2.37. The summed E-state index contributed by atoms with van der Waals surface area (Å²) in [7, 11) is 0. The molecule has 2 N–H and O–H groups in total. The van der Waals surface area contributed by atoms with Gasteiger partial charge in [0, 0.05) is 30.6 Å². The number of nitrogens with one attached hydrogen (secondary N) is 2. The first-order valence-corrected chi connectivity index (χ1v) is 10.3. The lowest BCUT2D eigenvalue weighted by molar-refractivity contribution is -0.125. The number of rotatable bonds is 7. The van der Waals surface area contributed by atoms with E-state index in [1.54, 1.807) is 22.7 Å². The van der Waals surface area contributed by atoms with Gasteiger partial charge in [0.15, 0.2) is 0 Å². The number of amides is 2. The molecule has 0 saturated carbocycles. The Kier molecular flexibility index (Phi) is 6.23. The van der Waals surface area contributed by atoms with Crippen LogP contribution >= 0.6 is 22.7 Å². The Labute approximate surface area is 156 Å². The van der Waals surface area contributed by atoms with E-state index < -0.39 is 0 Å². The zero-order chi connectivity index (χ0) is 17.6. The van der Waals surface area contributed by atoms with Gasteiger partial charge >= 0.3 is 0 Å². The van der Waals surface area contributed by atoms with Crippen molar-refractivity contribution in [3.8, 4) is 0 Å². The topological polar surface area (TPSA) is 61.4 Å². The van der Waals surface area contributed by atoms with Crippen LogP contribution in [0.5, 0.6) is 0 Å². The minimum Gasteiger partial charge on any atom is -0.355 e. The van der Waals surface area contributed by atoms with E-state index in [1.165, 1.54) is 5.56 Å². The number of carbonyl (C=O) groups excluding carboxylic acids is 2. The van der Waals surface area contributed by atoms with Crippen molar-refractivity contribution in [2.24, 2.45) is 0 Å². The first-order valence-electron chi connectivity index (χ1n) is 8.50. The average Bonchev–Trinajstić information content (AvgIpc) is 3.30. The molecule has 2 atom stereocenters. The molecule has 0 aliphatic carbocycles. The third-order valence-corrected chi connectivity index (χ3v) is 5.91. The summed E-state index contributed by atoms with van der Waals surface area (Å²) in [5.41, 5.74) is 1.21. The number of nitrogens with zero attached hydrogens (tertiary/aromatic N) is 1. The second kappa shape index (κ2) is 8.60. The molecule has 1 saturated heterocycles. The van der Waals surface area contributed by atoms with Crippen LogP contribution in [-0.2, 0) is 22.6 Å². The maximum atomic E-state index is 12.4. The van der Waals surface area contributed by atoms with Crippen molar-refractivity contribution in [3.05, 3.63) is 44.8 Å². The first-order chi connectivity index (χ1) is 12.2. The second-order valence-corrected chi connectivity index (χ2v) is 8.04. The second-order valence-electron chi connectivity index (χ2n) is 6.23. The van der Waals surface area contributed by atoms with Crippen LogP contribution in [0.3, 0.4) is 0 Å². The van der Waals surface area contributed by atoms with E-state index in [2.05, 4.69) is 27.0 Å². The third-order valence-electron chi connectivity index (χ3n) is 4.30. The standard InChI is InChI=1S/C18H23N3O2S2/c1-2-19-18(23)16-8-14(11-21(16)10-13-5-7-24-12-13)20-17(22)9-15-4-3-6-25-15/h3-7,12,14,16H,2,8-11H2,1H3,(H,19,23)(H,20,22)/t14-,16-/m0/s1. The molecule has 5 nitrogen and oxygen atoms in total. The molecule has 2 amide bonds. The van der Waals surface area contributed by atoms with Gasteiger partial charge < -0.3 is 10.6 Å². The van der Waals surface area contributed by atoms with Crippen molar-refractivity contribution in [1.82, 2.24) is 15.5 Å². The van der Waals surface area contributed by atoms with Crippen molar-refractivity contribution in [1.29, 1.82) is 0 Å². The molecule has 1 aliphatic heterocycles. The molecule has 25 heavy (non-hydrogen) atoms. The van der Waals surface area contributed by atoms with Gasteiger partial charge in [0.05, 0.1) is 12.5 Å². The summed E-state index contributed by atoms with van der Waals surface area (Å²) in [6.45, 7) is 3.99. The van der Waals surface area contributed by atoms with E-state index >= 15 is 0 Å². The molecule has 0 radical (unpaired) electrons. The minimum atomic E-state index is -0.188. The van der Waals surface area contributed by atoms with E-state index in [-0.39, 0.29) is 23.9 Å². The Morgan fingerprint density at radius 2 is 2.20 bits per heavy atom. The van der Waals surface area contributed by atoms with Crippen LogP contribution in [0, 0.1) is 0 Å². The normalized spacial score (nSPS) is 20.5. The summed E-state index contributed by atoms with van der Waals surface area (Å²) >= 11 is 3.25. The smallest absolute Gasteiger partial charge is 0.237 e. The monoisotopic (exact) mass is 377 g/mol. The molecule has 0 bridgehead atoms. The van der Waals surface area contributed by atoms with E-state index in [4.69, 9.17) is 0 Å². The number of thiophene rings is 2. The van der Waals surface area contributed by atoms with Crippen molar-refractivity contribution in [2.45, 2.75) is 38.4 Å².